The second-order valence-electron chi connectivity index (χ2n) is 5.45. The van der Waals surface area contributed by atoms with Gasteiger partial charge in [0.15, 0.2) is 0 Å². The van der Waals surface area contributed by atoms with Crippen LogP contribution in [0.4, 0.5) is 0 Å². The van der Waals surface area contributed by atoms with Crippen molar-refractivity contribution in [1.29, 1.82) is 0 Å². The summed E-state index contributed by atoms with van der Waals surface area (Å²) in [6, 6.07) is 10.9. The molecule has 0 aromatic heterocycles. The Balaban J connectivity index is 1.94. The van der Waals surface area contributed by atoms with Gasteiger partial charge < -0.3 is 10.4 Å². The van der Waals surface area contributed by atoms with Gasteiger partial charge in [0.25, 0.3) is 0 Å². The molecule has 0 heterocycles. The minimum atomic E-state index is 0.0896. The molecule has 1 aromatic carbocycles. The molecule has 0 radical (unpaired) electrons. The molecule has 0 spiro atoms. The van der Waals surface area contributed by atoms with Gasteiger partial charge in [-0.1, -0.05) is 56.5 Å². The zero-order valence-corrected chi connectivity index (χ0v) is 11.3. The normalized spacial score (nSPS) is 25.9. The summed E-state index contributed by atoms with van der Waals surface area (Å²) in [4.78, 5) is 0. The Kier molecular flexibility index (Phi) is 5.21. The molecule has 1 aliphatic rings. The predicted molar refractivity (Wildman–Crippen MR) is 75.4 cm³/mol. The summed E-state index contributed by atoms with van der Waals surface area (Å²) in [5, 5.41) is 13.2. The number of nitrogens with one attached hydrogen (secondary N) is 1. The summed E-state index contributed by atoms with van der Waals surface area (Å²) >= 11 is 0. The molecule has 2 rings (SSSR count). The van der Waals surface area contributed by atoms with Crippen LogP contribution in [0.2, 0.25) is 0 Å². The number of hydrogen-bond donors (Lipinski definition) is 2. The molecule has 3 unspecified atom stereocenters. The van der Waals surface area contributed by atoms with Crippen LogP contribution in [-0.2, 0) is 0 Å². The first-order chi connectivity index (χ1) is 8.83. The van der Waals surface area contributed by atoms with Gasteiger partial charge in [-0.05, 0) is 24.3 Å². The number of aliphatic hydroxyl groups is 1. The molecular weight excluding hydrogens is 222 g/mol. The molecule has 0 amide bonds. The van der Waals surface area contributed by atoms with Crippen LogP contribution in [0.5, 0.6) is 0 Å². The molecule has 0 aliphatic heterocycles. The zero-order chi connectivity index (χ0) is 12.8. The number of rotatable bonds is 5. The quantitative estimate of drug-likeness (QED) is 0.837. The summed E-state index contributed by atoms with van der Waals surface area (Å²) in [6.07, 6.45) is 6.50. The predicted octanol–water partition coefficient (Wildman–Crippen LogP) is 3.28. The first-order valence-corrected chi connectivity index (χ1v) is 7.25. The van der Waals surface area contributed by atoms with Gasteiger partial charge in [0.05, 0.1) is 12.6 Å². The molecule has 100 valence electrons. The summed E-state index contributed by atoms with van der Waals surface area (Å²) < 4.78 is 0. The van der Waals surface area contributed by atoms with Crippen LogP contribution in [0, 0.1) is 5.92 Å². The van der Waals surface area contributed by atoms with E-state index in [0.29, 0.717) is 6.04 Å². The molecule has 0 bridgehead atoms. The minimum Gasteiger partial charge on any atom is -0.394 e. The van der Waals surface area contributed by atoms with Gasteiger partial charge in [0.1, 0.15) is 0 Å². The van der Waals surface area contributed by atoms with Crippen molar-refractivity contribution >= 4 is 0 Å². The maximum Gasteiger partial charge on any atom is 0.0626 e. The first kappa shape index (κ1) is 13.6. The third kappa shape index (κ3) is 3.56. The van der Waals surface area contributed by atoms with E-state index in [1.54, 1.807) is 0 Å². The lowest BCUT2D eigenvalue weighted by atomic mass is 9.84. The van der Waals surface area contributed by atoms with Gasteiger partial charge in [-0.2, -0.15) is 0 Å². The molecule has 1 fully saturated rings. The largest absolute Gasteiger partial charge is 0.394 e. The fourth-order valence-electron chi connectivity index (χ4n) is 3.04. The van der Waals surface area contributed by atoms with E-state index in [9.17, 15) is 5.11 Å². The van der Waals surface area contributed by atoms with Crippen molar-refractivity contribution < 1.29 is 5.11 Å². The van der Waals surface area contributed by atoms with Crippen LogP contribution in [-0.4, -0.2) is 17.8 Å². The van der Waals surface area contributed by atoms with E-state index in [1.165, 1.54) is 37.7 Å². The van der Waals surface area contributed by atoms with Crippen LogP contribution in [0.1, 0.15) is 50.6 Å². The smallest absolute Gasteiger partial charge is 0.0626 e. The van der Waals surface area contributed by atoms with Crippen LogP contribution in [0.25, 0.3) is 0 Å². The fourth-order valence-corrected chi connectivity index (χ4v) is 3.04. The highest BCUT2D eigenvalue weighted by Crippen LogP contribution is 2.28. The van der Waals surface area contributed by atoms with Crippen molar-refractivity contribution in [1.82, 2.24) is 5.32 Å². The standard InChI is InChI=1S/C16H25NO/c1-2-13-7-6-10-15(11-13)17-16(12-18)14-8-4-3-5-9-14/h3-5,8-9,13,15-18H,2,6-7,10-12H2,1H3. The topological polar surface area (TPSA) is 32.3 Å². The van der Waals surface area contributed by atoms with Gasteiger partial charge in [0, 0.05) is 6.04 Å². The highest BCUT2D eigenvalue weighted by Gasteiger charge is 2.23. The second-order valence-corrected chi connectivity index (χ2v) is 5.45. The Morgan fingerprint density at radius 3 is 2.72 bits per heavy atom. The molecule has 18 heavy (non-hydrogen) atoms. The molecule has 2 heteroatoms. The third-order valence-electron chi connectivity index (χ3n) is 4.18. The van der Waals surface area contributed by atoms with Gasteiger partial charge in [-0.3, -0.25) is 0 Å². The Hall–Kier alpha value is -0.860. The fraction of sp³-hybridized carbons (Fsp3) is 0.625. The average molecular weight is 247 g/mol. The van der Waals surface area contributed by atoms with Crippen LogP contribution in [0.15, 0.2) is 30.3 Å². The third-order valence-corrected chi connectivity index (χ3v) is 4.18. The summed E-state index contributed by atoms with van der Waals surface area (Å²) in [6.45, 7) is 2.46. The van der Waals surface area contributed by atoms with Crippen LogP contribution >= 0.6 is 0 Å². The van der Waals surface area contributed by atoms with Crippen molar-refractivity contribution in [3.63, 3.8) is 0 Å². The van der Waals surface area contributed by atoms with Crippen LogP contribution in [0.3, 0.4) is 0 Å². The van der Waals surface area contributed by atoms with E-state index in [1.807, 2.05) is 18.2 Å². The lowest BCUT2D eigenvalue weighted by molar-refractivity contribution is 0.203. The molecule has 1 saturated carbocycles. The summed E-state index contributed by atoms with van der Waals surface area (Å²) in [7, 11) is 0. The Morgan fingerprint density at radius 2 is 2.06 bits per heavy atom. The molecule has 1 aliphatic carbocycles. The lowest BCUT2D eigenvalue weighted by Gasteiger charge is -2.32. The molecular formula is C16H25NO. The lowest BCUT2D eigenvalue weighted by Crippen LogP contribution is -2.38. The van der Waals surface area contributed by atoms with E-state index in [-0.39, 0.29) is 12.6 Å². The summed E-state index contributed by atoms with van der Waals surface area (Å²) in [5.74, 6) is 0.867. The Bertz CT molecular complexity index is 338. The maximum absolute atomic E-state index is 9.57. The first-order valence-electron chi connectivity index (χ1n) is 7.25. The number of aliphatic hydroxyl groups excluding tert-OH is 1. The Labute approximate surface area is 110 Å². The maximum atomic E-state index is 9.57. The van der Waals surface area contributed by atoms with Crippen LogP contribution < -0.4 is 5.32 Å². The highest BCUT2D eigenvalue weighted by atomic mass is 16.3. The molecule has 2 nitrogen and oxygen atoms in total. The zero-order valence-electron chi connectivity index (χ0n) is 11.3. The molecule has 0 saturated heterocycles. The van der Waals surface area contributed by atoms with Crippen molar-refractivity contribution in [2.45, 2.75) is 51.1 Å². The van der Waals surface area contributed by atoms with Crippen molar-refractivity contribution in [2.75, 3.05) is 6.61 Å². The van der Waals surface area contributed by atoms with Crippen molar-refractivity contribution in [3.8, 4) is 0 Å². The van der Waals surface area contributed by atoms with E-state index in [0.717, 1.165) is 5.92 Å². The van der Waals surface area contributed by atoms with Gasteiger partial charge in [-0.25, -0.2) is 0 Å². The van der Waals surface area contributed by atoms with E-state index in [4.69, 9.17) is 0 Å². The highest BCUT2D eigenvalue weighted by molar-refractivity contribution is 5.19. The summed E-state index contributed by atoms with van der Waals surface area (Å²) in [5.41, 5.74) is 1.19. The van der Waals surface area contributed by atoms with E-state index in [2.05, 4.69) is 24.4 Å². The van der Waals surface area contributed by atoms with E-state index >= 15 is 0 Å². The Morgan fingerprint density at radius 1 is 1.28 bits per heavy atom. The molecule has 3 atom stereocenters. The van der Waals surface area contributed by atoms with Gasteiger partial charge in [-0.15, -0.1) is 0 Å². The average Bonchev–Trinajstić information content (AvgIpc) is 2.46. The van der Waals surface area contributed by atoms with E-state index < -0.39 is 0 Å². The monoisotopic (exact) mass is 247 g/mol. The number of hydrogen-bond acceptors (Lipinski definition) is 2. The molecule has 1 aromatic rings. The SMILES string of the molecule is CCC1CCCC(NC(CO)c2ccccc2)C1. The number of benzene rings is 1. The van der Waals surface area contributed by atoms with Crippen molar-refractivity contribution in [3.05, 3.63) is 35.9 Å². The minimum absolute atomic E-state index is 0.0896. The second kappa shape index (κ2) is 6.91. The van der Waals surface area contributed by atoms with Crippen molar-refractivity contribution in [2.24, 2.45) is 5.92 Å². The van der Waals surface area contributed by atoms with Gasteiger partial charge >= 0.3 is 0 Å². The molecule has 2 N–H and O–H groups in total. The van der Waals surface area contributed by atoms with Gasteiger partial charge in [0.2, 0.25) is 0 Å².